The monoisotopic (exact) mass is 429 g/mol. The first kappa shape index (κ1) is 18.4. The lowest BCUT2D eigenvalue weighted by Crippen LogP contribution is -2.12. The van der Waals surface area contributed by atoms with Crippen molar-refractivity contribution in [2.75, 3.05) is 5.32 Å². The van der Waals surface area contributed by atoms with Crippen LogP contribution in [0.1, 0.15) is 11.3 Å². The standard InChI is InChI=1S/C20H17BrClN3O/c1-13-19(15-7-9-16(21)10-8-15)20(25(2)24-13)23-18(26)11-6-14-4-3-5-17(22)12-14/h3-12H,1-2H3,(H,23,26)/b11-6+. The number of hydrogen-bond donors (Lipinski definition) is 1. The van der Waals surface area contributed by atoms with Gasteiger partial charge in [0.15, 0.2) is 0 Å². The Balaban J connectivity index is 1.85. The molecule has 0 radical (unpaired) electrons. The minimum atomic E-state index is -0.230. The molecular formula is C20H17BrClN3O. The van der Waals surface area contributed by atoms with Gasteiger partial charge in [-0.2, -0.15) is 5.10 Å². The molecular weight excluding hydrogens is 414 g/mol. The van der Waals surface area contributed by atoms with E-state index in [-0.39, 0.29) is 5.91 Å². The SMILES string of the molecule is Cc1nn(C)c(NC(=O)/C=C/c2cccc(Cl)c2)c1-c1ccc(Br)cc1. The normalized spacial score (nSPS) is 11.1. The molecule has 0 aliphatic heterocycles. The fourth-order valence-electron chi connectivity index (χ4n) is 2.70. The van der Waals surface area contributed by atoms with Gasteiger partial charge in [0.1, 0.15) is 5.82 Å². The highest BCUT2D eigenvalue weighted by molar-refractivity contribution is 9.10. The number of nitrogens with zero attached hydrogens (tertiary/aromatic N) is 2. The first-order valence-corrected chi connectivity index (χ1v) is 9.15. The van der Waals surface area contributed by atoms with Crippen LogP contribution in [0, 0.1) is 6.92 Å². The summed E-state index contributed by atoms with van der Waals surface area (Å²) in [6.07, 6.45) is 3.21. The Bertz CT molecular complexity index is 977. The highest BCUT2D eigenvalue weighted by Crippen LogP contribution is 2.31. The number of amides is 1. The lowest BCUT2D eigenvalue weighted by Gasteiger charge is -2.08. The van der Waals surface area contributed by atoms with Crippen molar-refractivity contribution in [1.82, 2.24) is 9.78 Å². The van der Waals surface area contributed by atoms with E-state index in [9.17, 15) is 4.79 Å². The van der Waals surface area contributed by atoms with Crippen molar-refractivity contribution in [2.45, 2.75) is 6.92 Å². The van der Waals surface area contributed by atoms with Crippen LogP contribution < -0.4 is 5.32 Å². The van der Waals surface area contributed by atoms with E-state index in [0.717, 1.165) is 26.9 Å². The largest absolute Gasteiger partial charge is 0.307 e. The Morgan fingerprint density at radius 1 is 1.23 bits per heavy atom. The van der Waals surface area contributed by atoms with Crippen LogP contribution in [-0.2, 0) is 11.8 Å². The molecule has 0 saturated carbocycles. The van der Waals surface area contributed by atoms with Gasteiger partial charge in [-0.1, -0.05) is 51.8 Å². The van der Waals surface area contributed by atoms with Crippen molar-refractivity contribution in [2.24, 2.45) is 7.05 Å². The van der Waals surface area contributed by atoms with Crippen molar-refractivity contribution in [3.8, 4) is 11.1 Å². The number of hydrogen-bond acceptors (Lipinski definition) is 2. The molecule has 0 aliphatic carbocycles. The summed E-state index contributed by atoms with van der Waals surface area (Å²) in [4.78, 5) is 12.4. The second-order valence-corrected chi connectivity index (χ2v) is 7.17. The Morgan fingerprint density at radius 3 is 2.65 bits per heavy atom. The molecule has 1 N–H and O–H groups in total. The minimum absolute atomic E-state index is 0.230. The van der Waals surface area contributed by atoms with Crippen LogP contribution in [0.25, 0.3) is 17.2 Å². The van der Waals surface area contributed by atoms with E-state index in [1.54, 1.807) is 22.9 Å². The lowest BCUT2D eigenvalue weighted by molar-refractivity contribution is -0.111. The fourth-order valence-corrected chi connectivity index (χ4v) is 3.17. The van der Waals surface area contributed by atoms with E-state index >= 15 is 0 Å². The first-order chi connectivity index (χ1) is 12.4. The Hall–Kier alpha value is -2.37. The zero-order valence-corrected chi connectivity index (χ0v) is 16.7. The molecule has 1 aromatic heterocycles. The average molecular weight is 431 g/mol. The van der Waals surface area contributed by atoms with Gasteiger partial charge in [0.05, 0.1) is 5.69 Å². The highest BCUT2D eigenvalue weighted by atomic mass is 79.9. The molecule has 0 saturated heterocycles. The number of benzene rings is 2. The molecule has 1 heterocycles. The van der Waals surface area contributed by atoms with Crippen LogP contribution in [-0.4, -0.2) is 15.7 Å². The van der Waals surface area contributed by atoms with Gasteiger partial charge in [0, 0.05) is 28.2 Å². The maximum atomic E-state index is 12.4. The van der Waals surface area contributed by atoms with Gasteiger partial charge < -0.3 is 5.32 Å². The third-order valence-corrected chi connectivity index (χ3v) is 4.64. The van der Waals surface area contributed by atoms with E-state index in [1.165, 1.54) is 6.08 Å². The van der Waals surface area contributed by atoms with Crippen LogP contribution in [0.2, 0.25) is 5.02 Å². The van der Waals surface area contributed by atoms with Crippen molar-refractivity contribution in [1.29, 1.82) is 0 Å². The molecule has 0 fully saturated rings. The molecule has 0 bridgehead atoms. The van der Waals surface area contributed by atoms with Crippen molar-refractivity contribution in [3.05, 3.63) is 75.4 Å². The summed E-state index contributed by atoms with van der Waals surface area (Å²) in [5.74, 6) is 0.428. The number of halogens is 2. The number of nitrogens with one attached hydrogen (secondary N) is 1. The molecule has 0 atom stereocenters. The molecule has 2 aromatic carbocycles. The molecule has 0 aliphatic rings. The number of aromatic nitrogens is 2. The van der Waals surface area contributed by atoms with Crippen molar-refractivity contribution >= 4 is 45.3 Å². The van der Waals surface area contributed by atoms with Crippen molar-refractivity contribution < 1.29 is 4.79 Å². The number of anilines is 1. The minimum Gasteiger partial charge on any atom is -0.307 e. The number of carbonyl (C=O) groups excluding carboxylic acids is 1. The van der Waals surface area contributed by atoms with E-state index in [0.29, 0.717) is 10.8 Å². The second kappa shape index (κ2) is 7.89. The molecule has 0 unspecified atom stereocenters. The highest BCUT2D eigenvalue weighted by Gasteiger charge is 2.16. The number of rotatable bonds is 4. The molecule has 3 rings (SSSR count). The summed E-state index contributed by atoms with van der Waals surface area (Å²) in [5, 5.41) is 8.00. The third kappa shape index (κ3) is 4.23. The summed E-state index contributed by atoms with van der Waals surface area (Å²) in [6, 6.07) is 15.2. The Kier molecular flexibility index (Phi) is 5.59. The van der Waals surface area contributed by atoms with E-state index < -0.39 is 0 Å². The number of carbonyl (C=O) groups is 1. The van der Waals surface area contributed by atoms with Crippen LogP contribution in [0.15, 0.2) is 59.1 Å². The fraction of sp³-hybridized carbons (Fsp3) is 0.100. The van der Waals surface area contributed by atoms with Crippen LogP contribution >= 0.6 is 27.5 Å². The van der Waals surface area contributed by atoms with Crippen LogP contribution in [0.4, 0.5) is 5.82 Å². The zero-order valence-electron chi connectivity index (χ0n) is 14.3. The quantitative estimate of drug-likeness (QED) is 0.558. The van der Waals surface area contributed by atoms with Gasteiger partial charge in [-0.15, -0.1) is 0 Å². The topological polar surface area (TPSA) is 46.9 Å². The summed E-state index contributed by atoms with van der Waals surface area (Å²) in [7, 11) is 1.81. The molecule has 6 heteroatoms. The van der Waals surface area contributed by atoms with Crippen LogP contribution in [0.5, 0.6) is 0 Å². The third-order valence-electron chi connectivity index (χ3n) is 3.87. The lowest BCUT2D eigenvalue weighted by atomic mass is 10.1. The van der Waals surface area contributed by atoms with E-state index in [1.807, 2.05) is 50.4 Å². The molecule has 4 nitrogen and oxygen atoms in total. The van der Waals surface area contributed by atoms with E-state index in [2.05, 4.69) is 26.3 Å². The molecule has 132 valence electrons. The smallest absolute Gasteiger partial charge is 0.249 e. The molecule has 3 aromatic rings. The van der Waals surface area contributed by atoms with Gasteiger partial charge in [-0.3, -0.25) is 9.48 Å². The summed E-state index contributed by atoms with van der Waals surface area (Å²) >= 11 is 9.40. The second-order valence-electron chi connectivity index (χ2n) is 5.82. The maximum absolute atomic E-state index is 12.4. The maximum Gasteiger partial charge on any atom is 0.249 e. The Morgan fingerprint density at radius 2 is 1.96 bits per heavy atom. The molecule has 0 spiro atoms. The predicted octanol–water partition coefficient (Wildman–Crippen LogP) is 5.46. The predicted molar refractivity (Wildman–Crippen MR) is 110 cm³/mol. The van der Waals surface area contributed by atoms with E-state index in [4.69, 9.17) is 11.6 Å². The summed E-state index contributed by atoms with van der Waals surface area (Å²) in [6.45, 7) is 1.93. The zero-order chi connectivity index (χ0) is 18.7. The van der Waals surface area contributed by atoms with Gasteiger partial charge >= 0.3 is 0 Å². The average Bonchev–Trinajstić information content (AvgIpc) is 2.88. The summed E-state index contributed by atoms with van der Waals surface area (Å²) in [5.41, 5.74) is 3.61. The van der Waals surface area contributed by atoms with Gasteiger partial charge in [-0.25, -0.2) is 0 Å². The molecule has 26 heavy (non-hydrogen) atoms. The Labute approximate surface area is 165 Å². The van der Waals surface area contributed by atoms with Gasteiger partial charge in [-0.05, 0) is 48.4 Å². The van der Waals surface area contributed by atoms with Crippen LogP contribution in [0.3, 0.4) is 0 Å². The summed E-state index contributed by atoms with van der Waals surface area (Å²) < 4.78 is 2.68. The van der Waals surface area contributed by atoms with Gasteiger partial charge in [0.2, 0.25) is 5.91 Å². The molecule has 1 amide bonds. The van der Waals surface area contributed by atoms with Gasteiger partial charge in [0.25, 0.3) is 0 Å². The number of aryl methyl sites for hydroxylation is 2. The first-order valence-electron chi connectivity index (χ1n) is 7.98. The van der Waals surface area contributed by atoms with Crippen molar-refractivity contribution in [3.63, 3.8) is 0 Å².